The van der Waals surface area contributed by atoms with Crippen LogP contribution in [0.5, 0.6) is 11.5 Å². The Hall–Kier alpha value is -3.08. The molecular weight excluding hydrogens is 520 g/mol. The van der Waals surface area contributed by atoms with Crippen LogP contribution in [-0.4, -0.2) is 34.9 Å². The number of hydrogen-bond acceptors (Lipinski definition) is 5. The summed E-state index contributed by atoms with van der Waals surface area (Å²) in [4.78, 5) is 0. The van der Waals surface area contributed by atoms with Crippen molar-refractivity contribution in [1.82, 2.24) is 0 Å². The number of anilines is 2. The van der Waals surface area contributed by atoms with Gasteiger partial charge in [0.1, 0.15) is 5.75 Å². The monoisotopic (exact) mass is 532 g/mol. The Balaban J connectivity index is 2.68. The molecule has 5 nitrogen and oxygen atoms in total. The molecule has 35 heavy (non-hydrogen) atoms. The summed E-state index contributed by atoms with van der Waals surface area (Å²) in [5, 5.41) is 19.0. The van der Waals surface area contributed by atoms with Crippen LogP contribution >= 0.6 is 0 Å². The molecule has 0 aliphatic heterocycles. The molecule has 0 fully saturated rings. The number of nitrogens with two attached hydrogens (primary N) is 2. The molecule has 2 aromatic carbocycles. The predicted molar refractivity (Wildman–Crippen MR) is 93.8 cm³/mol. The van der Waals surface area contributed by atoms with Crippen LogP contribution in [0.4, 0.5) is 64.1 Å². The third-order valence-electron chi connectivity index (χ3n) is 4.74. The van der Waals surface area contributed by atoms with Crippen molar-refractivity contribution in [2.24, 2.45) is 0 Å². The van der Waals surface area contributed by atoms with Gasteiger partial charge in [0.05, 0.1) is 5.69 Å². The number of aliphatic hydroxyl groups is 2. The maximum atomic E-state index is 13.2. The minimum atomic E-state index is -6.37. The molecule has 0 spiro atoms. The summed E-state index contributed by atoms with van der Waals surface area (Å²) in [6.45, 7) is 0. The van der Waals surface area contributed by atoms with Crippen molar-refractivity contribution in [2.75, 3.05) is 11.5 Å². The topological polar surface area (TPSA) is 102 Å². The Morgan fingerprint density at radius 1 is 0.600 bits per heavy atom. The van der Waals surface area contributed by atoms with Gasteiger partial charge in [0.15, 0.2) is 5.75 Å². The van der Waals surface area contributed by atoms with Crippen molar-refractivity contribution < 1.29 is 67.6 Å². The van der Waals surface area contributed by atoms with Crippen molar-refractivity contribution in [3.63, 3.8) is 0 Å². The average Bonchev–Trinajstić information content (AvgIpc) is 2.66. The first-order valence-electron chi connectivity index (χ1n) is 8.68. The summed E-state index contributed by atoms with van der Waals surface area (Å²) >= 11 is 0. The number of hydrogen-bond donors (Lipinski definition) is 4. The Morgan fingerprint density at radius 2 is 1.03 bits per heavy atom. The van der Waals surface area contributed by atoms with E-state index < -0.39 is 69.9 Å². The first-order chi connectivity index (χ1) is 15.5. The normalized spacial score (nSPS) is 14.2. The summed E-state index contributed by atoms with van der Waals surface area (Å²) in [5.41, 5.74) is -7.31. The highest BCUT2D eigenvalue weighted by Crippen LogP contribution is 2.54. The lowest BCUT2D eigenvalue weighted by molar-refractivity contribution is -0.376. The Morgan fingerprint density at radius 3 is 1.46 bits per heavy atom. The molecule has 0 heterocycles. The summed E-state index contributed by atoms with van der Waals surface area (Å²) in [6, 6.07) is 2.14. The summed E-state index contributed by atoms with van der Waals surface area (Å²) in [6.07, 6.45) is -25.5. The van der Waals surface area contributed by atoms with Gasteiger partial charge < -0.3 is 26.4 Å². The van der Waals surface area contributed by atoms with E-state index in [2.05, 4.69) is 0 Å². The van der Waals surface area contributed by atoms with Gasteiger partial charge in [0.2, 0.25) is 0 Å². The zero-order valence-electron chi connectivity index (χ0n) is 16.5. The maximum absolute atomic E-state index is 13.2. The van der Waals surface area contributed by atoms with Crippen molar-refractivity contribution >= 4 is 11.4 Å². The van der Waals surface area contributed by atoms with Crippen LogP contribution in [0.2, 0.25) is 0 Å². The fraction of sp³-hybridized carbons (Fsp3) is 0.333. The molecule has 0 aliphatic carbocycles. The van der Waals surface area contributed by atoms with Gasteiger partial charge in [0, 0.05) is 16.8 Å². The third-order valence-corrected chi connectivity index (χ3v) is 4.74. The van der Waals surface area contributed by atoms with Crippen LogP contribution in [0.25, 0.3) is 0 Å². The van der Waals surface area contributed by atoms with E-state index in [9.17, 15) is 62.9 Å². The zero-order valence-corrected chi connectivity index (χ0v) is 16.5. The summed E-state index contributed by atoms with van der Waals surface area (Å²) < 4.78 is 163. The first kappa shape index (κ1) is 28.2. The molecule has 0 saturated heterocycles. The molecule has 0 amide bonds. The van der Waals surface area contributed by atoms with E-state index in [-0.39, 0.29) is 12.1 Å². The van der Waals surface area contributed by atoms with E-state index in [0.29, 0.717) is 24.3 Å². The van der Waals surface area contributed by atoms with Crippen molar-refractivity contribution in [1.29, 1.82) is 0 Å². The minimum absolute atomic E-state index is 0.0812. The van der Waals surface area contributed by atoms with E-state index in [0.717, 1.165) is 0 Å². The highest BCUT2D eigenvalue weighted by molar-refractivity contribution is 5.63. The average molecular weight is 532 g/mol. The second-order valence-electron chi connectivity index (χ2n) is 6.98. The summed E-state index contributed by atoms with van der Waals surface area (Å²) in [7, 11) is 0. The molecular formula is C18H12F12N2O3. The second kappa shape index (κ2) is 8.25. The van der Waals surface area contributed by atoms with Crippen LogP contribution < -0.4 is 16.2 Å². The molecule has 0 aliphatic rings. The Bertz CT molecular complexity index is 1060. The van der Waals surface area contributed by atoms with Crippen LogP contribution in [0.1, 0.15) is 11.1 Å². The molecule has 0 aromatic heterocycles. The molecule has 17 heteroatoms. The predicted octanol–water partition coefficient (Wildman–Crippen LogP) is 5.27. The number of benzene rings is 2. The van der Waals surface area contributed by atoms with E-state index in [4.69, 9.17) is 16.2 Å². The molecule has 196 valence electrons. The molecule has 0 unspecified atom stereocenters. The molecule has 0 atom stereocenters. The highest BCUT2D eigenvalue weighted by Gasteiger charge is 2.73. The molecule has 0 radical (unpaired) electrons. The molecule has 2 aromatic rings. The van der Waals surface area contributed by atoms with E-state index in [1.807, 2.05) is 0 Å². The van der Waals surface area contributed by atoms with Crippen molar-refractivity contribution in [2.45, 2.75) is 35.9 Å². The summed E-state index contributed by atoms with van der Waals surface area (Å²) in [5.74, 6) is -2.17. The van der Waals surface area contributed by atoms with E-state index in [1.165, 1.54) is 0 Å². The molecule has 6 N–H and O–H groups in total. The molecule has 0 saturated carbocycles. The maximum Gasteiger partial charge on any atom is 0.430 e. The van der Waals surface area contributed by atoms with Gasteiger partial charge in [-0.05, 0) is 24.3 Å². The minimum Gasteiger partial charge on any atom is -0.455 e. The Kier molecular flexibility index (Phi) is 6.64. The third kappa shape index (κ3) is 4.49. The second-order valence-corrected chi connectivity index (χ2v) is 6.98. The van der Waals surface area contributed by atoms with Gasteiger partial charge in [-0.15, -0.1) is 0 Å². The zero-order chi connectivity index (χ0) is 27.4. The quantitative estimate of drug-likeness (QED) is 0.318. The number of para-hydroxylation sites is 1. The van der Waals surface area contributed by atoms with Crippen molar-refractivity contribution in [3.05, 3.63) is 47.5 Å². The molecule has 0 bridgehead atoms. The fourth-order valence-electron chi connectivity index (χ4n) is 2.92. The smallest absolute Gasteiger partial charge is 0.430 e. The van der Waals surface area contributed by atoms with Crippen molar-refractivity contribution in [3.8, 4) is 11.5 Å². The van der Waals surface area contributed by atoms with Gasteiger partial charge in [-0.25, -0.2) is 0 Å². The highest BCUT2D eigenvalue weighted by atomic mass is 19.4. The number of ether oxygens (including phenoxy) is 1. The van der Waals surface area contributed by atoms with Gasteiger partial charge in [-0.2, -0.15) is 52.7 Å². The lowest BCUT2D eigenvalue weighted by atomic mass is 9.90. The molecule has 2 rings (SSSR count). The number of rotatable bonds is 4. The number of alkyl halides is 12. The number of halogens is 12. The lowest BCUT2D eigenvalue weighted by Crippen LogP contribution is -2.54. The Labute approximate surface area is 186 Å². The standard InChI is InChI=1S/C18H12F12N2O3/c19-15(20,21)13(33,16(22,23)24)8-2-1-3-11(12(8)32)35-7-4-5-10(31)9(6-7)14(34,17(25,26)27)18(28,29)30/h1-6,33-34H,31-32H2. The lowest BCUT2D eigenvalue weighted by Gasteiger charge is -2.34. The fourth-order valence-corrected chi connectivity index (χ4v) is 2.92. The SMILES string of the molecule is Nc1ccc(Oc2cccc(C(O)(C(F)(F)F)C(F)(F)F)c2N)cc1C(O)(C(F)(F)F)C(F)(F)F. The van der Waals surface area contributed by atoms with Crippen LogP contribution in [0, 0.1) is 0 Å². The van der Waals surface area contributed by atoms with Crippen LogP contribution in [-0.2, 0) is 11.2 Å². The number of nitrogen functional groups attached to an aromatic ring is 2. The first-order valence-corrected chi connectivity index (χ1v) is 8.68. The largest absolute Gasteiger partial charge is 0.455 e. The van der Waals surface area contributed by atoms with Gasteiger partial charge in [-0.1, -0.05) is 12.1 Å². The van der Waals surface area contributed by atoms with E-state index >= 15 is 0 Å². The van der Waals surface area contributed by atoms with Gasteiger partial charge in [0.25, 0.3) is 11.2 Å². The van der Waals surface area contributed by atoms with Crippen LogP contribution in [0.15, 0.2) is 36.4 Å². The van der Waals surface area contributed by atoms with E-state index in [1.54, 1.807) is 0 Å². The van der Waals surface area contributed by atoms with Crippen LogP contribution in [0.3, 0.4) is 0 Å². The van der Waals surface area contributed by atoms with Gasteiger partial charge >= 0.3 is 24.7 Å². The van der Waals surface area contributed by atoms with Gasteiger partial charge in [-0.3, -0.25) is 0 Å².